The molecule has 0 aliphatic carbocycles. The molecule has 0 radical (unpaired) electrons. The van der Waals surface area contributed by atoms with Crippen molar-refractivity contribution < 1.29 is 4.79 Å². The van der Waals surface area contributed by atoms with Gasteiger partial charge in [-0.25, -0.2) is 9.80 Å². The van der Waals surface area contributed by atoms with Crippen molar-refractivity contribution in [3.63, 3.8) is 0 Å². The van der Waals surface area contributed by atoms with Crippen LogP contribution in [-0.4, -0.2) is 28.8 Å². The van der Waals surface area contributed by atoms with Gasteiger partial charge in [0.15, 0.2) is 0 Å². The lowest BCUT2D eigenvalue weighted by Gasteiger charge is -2.20. The number of carbonyl (C=O) groups is 1. The van der Waals surface area contributed by atoms with E-state index < -0.39 is 0 Å². The molecule has 0 saturated heterocycles. The predicted molar refractivity (Wildman–Crippen MR) is 62.4 cm³/mol. The van der Waals surface area contributed by atoms with Crippen LogP contribution in [0.1, 0.15) is 18.5 Å². The summed E-state index contributed by atoms with van der Waals surface area (Å²) in [6, 6.07) is 3.39. The predicted octanol–water partition coefficient (Wildman–Crippen LogP) is 2.00. The first kappa shape index (κ1) is 10.6. The van der Waals surface area contributed by atoms with Crippen LogP contribution in [-0.2, 0) is 0 Å². The number of nitrogens with zero attached hydrogens (tertiary/aromatic N) is 3. The lowest BCUT2D eigenvalue weighted by atomic mass is 10.3. The normalized spacial score (nSPS) is 14.9. The maximum atomic E-state index is 11.8. The van der Waals surface area contributed by atoms with E-state index in [1.54, 1.807) is 18.5 Å². The summed E-state index contributed by atoms with van der Waals surface area (Å²) in [7, 11) is 0. The van der Waals surface area contributed by atoms with E-state index >= 15 is 0 Å². The third-order valence-electron chi connectivity index (χ3n) is 2.31. The van der Waals surface area contributed by atoms with Gasteiger partial charge in [0.25, 0.3) is 0 Å². The van der Waals surface area contributed by atoms with Crippen LogP contribution in [0.3, 0.4) is 0 Å². The number of rotatable bonds is 1. The Morgan fingerprint density at radius 2 is 2.44 bits per heavy atom. The van der Waals surface area contributed by atoms with Gasteiger partial charge < -0.3 is 5.32 Å². The molecule has 0 aromatic carbocycles. The minimum atomic E-state index is -0.193. The topological polar surface area (TPSA) is 57.6 Å². The van der Waals surface area contributed by atoms with Gasteiger partial charge in [0, 0.05) is 30.3 Å². The Labute approximate surface area is 94.2 Å². The summed E-state index contributed by atoms with van der Waals surface area (Å²) in [6.07, 6.45) is 5.34. The largest absolute Gasteiger partial charge is 0.342 e. The SMILES string of the molecule is Cc1cc(NC(=O)N2CCCC=N2)ccn1. The van der Waals surface area contributed by atoms with Crippen LogP contribution in [0.2, 0.25) is 0 Å². The standard InChI is InChI=1S/C11H14N4O/c1-9-8-10(4-6-12-9)14-11(16)15-7-3-2-5-13-15/h4-6,8H,2-3,7H2,1H3,(H,12,14,16). The summed E-state index contributed by atoms with van der Waals surface area (Å²) in [5.74, 6) is 0. The molecule has 1 N–H and O–H groups in total. The van der Waals surface area contributed by atoms with Crippen LogP contribution in [0.25, 0.3) is 0 Å². The Morgan fingerprint density at radius 1 is 1.56 bits per heavy atom. The highest BCUT2D eigenvalue weighted by atomic mass is 16.2. The number of hydrazone groups is 1. The fourth-order valence-corrected chi connectivity index (χ4v) is 1.51. The fraction of sp³-hybridized carbons (Fsp3) is 0.364. The average Bonchev–Trinajstić information content (AvgIpc) is 2.30. The molecule has 2 rings (SSSR count). The van der Waals surface area contributed by atoms with Crippen LogP contribution < -0.4 is 5.32 Å². The average molecular weight is 218 g/mol. The van der Waals surface area contributed by atoms with E-state index in [4.69, 9.17) is 0 Å². The Morgan fingerprint density at radius 3 is 3.12 bits per heavy atom. The summed E-state index contributed by atoms with van der Waals surface area (Å²) in [5, 5.41) is 8.26. The zero-order chi connectivity index (χ0) is 11.4. The molecule has 2 heterocycles. The lowest BCUT2D eigenvalue weighted by Crippen LogP contribution is -2.33. The van der Waals surface area contributed by atoms with Crippen molar-refractivity contribution in [1.82, 2.24) is 9.99 Å². The highest BCUT2D eigenvalue weighted by molar-refractivity contribution is 5.89. The number of hydrogen-bond acceptors (Lipinski definition) is 3. The molecular formula is C11H14N4O. The minimum Gasteiger partial charge on any atom is -0.306 e. The summed E-state index contributed by atoms with van der Waals surface area (Å²) in [6.45, 7) is 2.56. The van der Waals surface area contributed by atoms with Crippen LogP contribution in [0.4, 0.5) is 10.5 Å². The fourth-order valence-electron chi connectivity index (χ4n) is 1.51. The summed E-state index contributed by atoms with van der Waals surface area (Å²) in [4.78, 5) is 15.8. The van der Waals surface area contributed by atoms with Gasteiger partial charge in [-0.15, -0.1) is 0 Å². The van der Waals surface area contributed by atoms with Crippen LogP contribution >= 0.6 is 0 Å². The van der Waals surface area contributed by atoms with Gasteiger partial charge in [-0.3, -0.25) is 4.98 Å². The molecule has 84 valence electrons. The van der Waals surface area contributed by atoms with E-state index in [0.29, 0.717) is 6.54 Å². The highest BCUT2D eigenvalue weighted by Crippen LogP contribution is 2.10. The van der Waals surface area contributed by atoms with Crippen molar-refractivity contribution in [2.24, 2.45) is 5.10 Å². The molecule has 1 aliphatic heterocycles. The zero-order valence-corrected chi connectivity index (χ0v) is 9.18. The number of pyridine rings is 1. The Kier molecular flexibility index (Phi) is 3.14. The second-order valence-corrected chi connectivity index (χ2v) is 3.68. The first-order valence-electron chi connectivity index (χ1n) is 5.29. The van der Waals surface area contributed by atoms with E-state index in [1.165, 1.54) is 5.01 Å². The first-order chi connectivity index (χ1) is 7.75. The molecule has 1 aromatic heterocycles. The molecule has 1 aliphatic rings. The Bertz CT molecular complexity index is 416. The number of nitrogens with one attached hydrogen (secondary N) is 1. The van der Waals surface area contributed by atoms with Crippen molar-refractivity contribution in [3.05, 3.63) is 24.0 Å². The second kappa shape index (κ2) is 4.74. The smallest absolute Gasteiger partial charge is 0.306 e. The monoisotopic (exact) mass is 218 g/mol. The van der Waals surface area contributed by atoms with Gasteiger partial charge in [0.05, 0.1) is 0 Å². The van der Waals surface area contributed by atoms with E-state index in [1.807, 2.05) is 13.0 Å². The van der Waals surface area contributed by atoms with Gasteiger partial charge in [-0.1, -0.05) is 0 Å². The maximum absolute atomic E-state index is 11.8. The van der Waals surface area contributed by atoms with E-state index in [2.05, 4.69) is 15.4 Å². The second-order valence-electron chi connectivity index (χ2n) is 3.68. The van der Waals surface area contributed by atoms with Gasteiger partial charge in [-0.2, -0.15) is 5.10 Å². The molecule has 0 fully saturated rings. The third-order valence-corrected chi connectivity index (χ3v) is 2.31. The highest BCUT2D eigenvalue weighted by Gasteiger charge is 2.13. The molecule has 0 unspecified atom stereocenters. The number of urea groups is 1. The van der Waals surface area contributed by atoms with Gasteiger partial charge in [0.2, 0.25) is 0 Å². The van der Waals surface area contributed by atoms with E-state index in [9.17, 15) is 4.79 Å². The molecule has 16 heavy (non-hydrogen) atoms. The minimum absolute atomic E-state index is 0.193. The zero-order valence-electron chi connectivity index (χ0n) is 9.18. The number of anilines is 1. The number of aryl methyl sites for hydroxylation is 1. The molecule has 1 aromatic rings. The van der Waals surface area contributed by atoms with Gasteiger partial charge in [-0.05, 0) is 31.9 Å². The molecule has 0 spiro atoms. The van der Waals surface area contributed by atoms with Crippen molar-refractivity contribution in [3.8, 4) is 0 Å². The van der Waals surface area contributed by atoms with Crippen LogP contribution in [0.15, 0.2) is 23.4 Å². The molecule has 0 atom stereocenters. The molecule has 5 heteroatoms. The number of aromatic nitrogens is 1. The lowest BCUT2D eigenvalue weighted by molar-refractivity contribution is 0.211. The van der Waals surface area contributed by atoms with E-state index in [0.717, 1.165) is 24.2 Å². The Hall–Kier alpha value is -1.91. The summed E-state index contributed by atoms with van der Waals surface area (Å²) in [5.41, 5.74) is 1.62. The molecule has 5 nitrogen and oxygen atoms in total. The summed E-state index contributed by atoms with van der Waals surface area (Å²) < 4.78 is 0. The number of carbonyl (C=O) groups excluding carboxylic acids is 1. The van der Waals surface area contributed by atoms with Gasteiger partial charge in [0.1, 0.15) is 0 Å². The molecule has 2 amide bonds. The number of hydrogen-bond donors (Lipinski definition) is 1. The molecule has 0 saturated carbocycles. The maximum Gasteiger partial charge on any atom is 0.342 e. The van der Waals surface area contributed by atoms with Crippen LogP contribution in [0.5, 0.6) is 0 Å². The molecule has 0 bridgehead atoms. The quantitative estimate of drug-likeness (QED) is 0.783. The van der Waals surface area contributed by atoms with Crippen molar-refractivity contribution >= 4 is 17.9 Å². The summed E-state index contributed by atoms with van der Waals surface area (Å²) >= 11 is 0. The van der Waals surface area contributed by atoms with Gasteiger partial charge >= 0.3 is 6.03 Å². The van der Waals surface area contributed by atoms with Crippen molar-refractivity contribution in [2.75, 3.05) is 11.9 Å². The first-order valence-corrected chi connectivity index (χ1v) is 5.29. The van der Waals surface area contributed by atoms with Crippen molar-refractivity contribution in [1.29, 1.82) is 0 Å². The van der Waals surface area contributed by atoms with Crippen molar-refractivity contribution in [2.45, 2.75) is 19.8 Å². The van der Waals surface area contributed by atoms with Crippen LogP contribution in [0, 0.1) is 6.92 Å². The Balaban J connectivity index is 2.01. The molecular weight excluding hydrogens is 204 g/mol. The number of amides is 2. The third kappa shape index (κ3) is 2.56. The van der Waals surface area contributed by atoms with E-state index in [-0.39, 0.29) is 6.03 Å².